The minimum Gasteiger partial charge on any atom is -0.492 e. The largest absolute Gasteiger partial charge is 0.492 e. The third-order valence-electron chi connectivity index (χ3n) is 8.06. The second-order valence-electron chi connectivity index (χ2n) is 10.7. The summed E-state index contributed by atoms with van der Waals surface area (Å²) >= 11 is 0. The third-order valence-corrected chi connectivity index (χ3v) is 8.06. The molecule has 0 amide bonds. The number of piperidine rings is 1. The molecule has 0 aliphatic carbocycles. The second kappa shape index (κ2) is 12.2. The first-order valence-electron chi connectivity index (χ1n) is 13.7. The minimum atomic E-state index is -0.231. The number of fused-ring (bicyclic) bond motifs is 1. The van der Waals surface area contributed by atoms with E-state index in [0.717, 1.165) is 72.5 Å². The lowest BCUT2D eigenvalue weighted by molar-refractivity contribution is 0.0960. The summed E-state index contributed by atoms with van der Waals surface area (Å²) in [5, 5.41) is 0. The summed E-state index contributed by atoms with van der Waals surface area (Å²) in [4.78, 5) is 17.9. The Morgan fingerprint density at radius 2 is 1.68 bits per heavy atom. The molecular weight excluding hydrogens is 482 g/mol. The van der Waals surface area contributed by atoms with Gasteiger partial charge in [0.2, 0.25) is 0 Å². The zero-order valence-electron chi connectivity index (χ0n) is 22.1. The Bertz CT molecular complexity index is 1250. The molecule has 0 spiro atoms. The van der Waals surface area contributed by atoms with Crippen LogP contribution in [0.5, 0.6) is 5.75 Å². The molecule has 6 heteroatoms. The molecule has 1 saturated heterocycles. The number of nitrogens with zero attached hydrogens (tertiary/aromatic N) is 2. The topological polar surface area (TPSA) is 32.8 Å². The average molecular weight is 519 g/mol. The fourth-order valence-electron chi connectivity index (χ4n) is 5.71. The second-order valence-corrected chi connectivity index (χ2v) is 10.7. The van der Waals surface area contributed by atoms with Crippen LogP contribution in [-0.4, -0.2) is 41.8 Å². The summed E-state index contributed by atoms with van der Waals surface area (Å²) in [7, 11) is 0. The number of hydrogen-bond donors (Lipinski definition) is 0. The molecule has 38 heavy (non-hydrogen) atoms. The summed E-state index contributed by atoms with van der Waals surface area (Å²) in [5.74, 6) is 1.19. The highest BCUT2D eigenvalue weighted by Crippen LogP contribution is 2.31. The van der Waals surface area contributed by atoms with Gasteiger partial charge in [-0.15, -0.1) is 0 Å². The van der Waals surface area contributed by atoms with Crippen LogP contribution in [-0.2, 0) is 19.6 Å². The van der Waals surface area contributed by atoms with Gasteiger partial charge in [0.25, 0.3) is 0 Å². The first-order chi connectivity index (χ1) is 18.5. The van der Waals surface area contributed by atoms with Crippen molar-refractivity contribution in [2.75, 3.05) is 26.2 Å². The molecule has 0 saturated carbocycles. The van der Waals surface area contributed by atoms with Crippen LogP contribution in [0.4, 0.5) is 8.78 Å². The summed E-state index contributed by atoms with van der Waals surface area (Å²) in [6.45, 7) is 7.29. The lowest BCUT2D eigenvalue weighted by Crippen LogP contribution is -2.33. The van der Waals surface area contributed by atoms with Crippen LogP contribution in [0.25, 0.3) is 0 Å². The van der Waals surface area contributed by atoms with Crippen LogP contribution in [0.15, 0.2) is 60.7 Å². The normalized spacial score (nSPS) is 17.0. The molecule has 3 aromatic carbocycles. The molecular formula is C32H36F2N2O2. The Labute approximate surface area is 224 Å². The lowest BCUT2D eigenvalue weighted by Gasteiger charge is -2.32. The van der Waals surface area contributed by atoms with Gasteiger partial charge in [0.15, 0.2) is 5.78 Å². The van der Waals surface area contributed by atoms with Crippen molar-refractivity contribution in [3.63, 3.8) is 0 Å². The molecule has 0 radical (unpaired) electrons. The quantitative estimate of drug-likeness (QED) is 0.317. The van der Waals surface area contributed by atoms with Crippen LogP contribution < -0.4 is 4.74 Å². The predicted octanol–water partition coefficient (Wildman–Crippen LogP) is 6.54. The fourth-order valence-corrected chi connectivity index (χ4v) is 5.71. The molecule has 2 aliphatic rings. The number of carbonyl (C=O) groups excluding carboxylic acids is 1. The van der Waals surface area contributed by atoms with E-state index in [-0.39, 0.29) is 17.4 Å². The summed E-state index contributed by atoms with van der Waals surface area (Å²) < 4.78 is 33.3. The van der Waals surface area contributed by atoms with Gasteiger partial charge in [-0.1, -0.05) is 30.3 Å². The van der Waals surface area contributed by atoms with Crippen molar-refractivity contribution in [1.29, 1.82) is 0 Å². The maximum absolute atomic E-state index is 14.0. The Balaban J connectivity index is 1.16. The Hall–Kier alpha value is -3.09. The van der Waals surface area contributed by atoms with Crippen molar-refractivity contribution < 1.29 is 18.3 Å². The zero-order valence-corrected chi connectivity index (χ0v) is 22.1. The average Bonchev–Trinajstić information content (AvgIpc) is 3.13. The zero-order chi connectivity index (χ0) is 26.5. The van der Waals surface area contributed by atoms with Gasteiger partial charge in [0.05, 0.1) is 0 Å². The number of Topliss-reactive ketones (excluding diaryl/α,β-unsaturated/α-hetero) is 1. The number of hydrogen-bond acceptors (Lipinski definition) is 4. The Kier molecular flexibility index (Phi) is 8.50. The Morgan fingerprint density at radius 1 is 0.921 bits per heavy atom. The van der Waals surface area contributed by atoms with Crippen molar-refractivity contribution in [3.05, 3.63) is 100 Å². The van der Waals surface area contributed by atoms with E-state index in [0.29, 0.717) is 38.6 Å². The number of carbonyl (C=O) groups is 1. The number of halogens is 2. The van der Waals surface area contributed by atoms with E-state index in [4.69, 9.17) is 4.74 Å². The van der Waals surface area contributed by atoms with E-state index < -0.39 is 0 Å². The minimum absolute atomic E-state index is 0.139. The third kappa shape index (κ3) is 6.48. The van der Waals surface area contributed by atoms with E-state index in [2.05, 4.69) is 9.80 Å². The van der Waals surface area contributed by atoms with E-state index in [9.17, 15) is 13.6 Å². The highest BCUT2D eigenvalue weighted by molar-refractivity contribution is 5.98. The number of ketones is 1. The molecule has 3 aromatic rings. The lowest BCUT2D eigenvalue weighted by atomic mass is 9.89. The first-order valence-corrected chi connectivity index (χ1v) is 13.7. The molecule has 200 valence electrons. The van der Waals surface area contributed by atoms with Gasteiger partial charge in [-0.2, -0.15) is 0 Å². The summed E-state index contributed by atoms with van der Waals surface area (Å²) in [6.07, 6.45) is 3.50. The molecule has 2 aliphatic heterocycles. The van der Waals surface area contributed by atoms with Crippen LogP contribution in [0.1, 0.15) is 58.3 Å². The maximum Gasteiger partial charge on any atom is 0.163 e. The number of rotatable bonds is 8. The number of ether oxygens (including phenoxy) is 1. The highest BCUT2D eigenvalue weighted by atomic mass is 19.1. The van der Waals surface area contributed by atoms with Gasteiger partial charge < -0.3 is 4.74 Å². The molecule has 5 rings (SSSR count). The van der Waals surface area contributed by atoms with Gasteiger partial charge >= 0.3 is 0 Å². The van der Waals surface area contributed by atoms with Gasteiger partial charge in [-0.05, 0) is 86.7 Å². The monoisotopic (exact) mass is 518 g/mol. The first kappa shape index (κ1) is 26.5. The van der Waals surface area contributed by atoms with E-state index in [1.807, 2.05) is 43.3 Å². The van der Waals surface area contributed by atoms with Crippen molar-refractivity contribution in [2.45, 2.75) is 52.2 Å². The SMILES string of the molecule is Cc1c(C(=O)CCC2CCN(Cc3ccccc3F)CC2)ccc2c1CN(Cc1ccc(F)cc1)CCO2. The van der Waals surface area contributed by atoms with E-state index in [1.165, 1.54) is 18.2 Å². The molecule has 0 bridgehead atoms. The number of likely N-dealkylation sites (tertiary alicyclic amines) is 1. The predicted molar refractivity (Wildman–Crippen MR) is 145 cm³/mol. The van der Waals surface area contributed by atoms with Gasteiger partial charge in [0, 0.05) is 49.3 Å². The van der Waals surface area contributed by atoms with Crippen molar-refractivity contribution in [3.8, 4) is 5.75 Å². The maximum atomic E-state index is 14.0. The fraction of sp³-hybridized carbons (Fsp3) is 0.406. The van der Waals surface area contributed by atoms with Crippen LogP contribution >= 0.6 is 0 Å². The van der Waals surface area contributed by atoms with Crippen LogP contribution in [0, 0.1) is 24.5 Å². The molecule has 0 atom stereocenters. The van der Waals surface area contributed by atoms with E-state index in [1.54, 1.807) is 6.07 Å². The standard InChI is InChI=1S/C32H36F2N2O2/c1-23-28(11-13-32-29(23)22-36(18-19-38-32)20-25-6-9-27(33)10-7-25)31(37)12-8-24-14-16-35(17-15-24)21-26-4-2-3-5-30(26)34/h2-7,9-11,13,24H,8,12,14-22H2,1H3. The molecule has 4 nitrogen and oxygen atoms in total. The summed E-state index contributed by atoms with van der Waals surface area (Å²) in [5.41, 5.74) is 4.66. The molecule has 0 unspecified atom stereocenters. The van der Waals surface area contributed by atoms with E-state index >= 15 is 0 Å². The molecule has 2 heterocycles. The molecule has 0 aromatic heterocycles. The highest BCUT2D eigenvalue weighted by Gasteiger charge is 2.24. The number of benzene rings is 3. The van der Waals surface area contributed by atoms with Gasteiger partial charge in [-0.25, -0.2) is 8.78 Å². The van der Waals surface area contributed by atoms with Gasteiger partial charge in [0.1, 0.15) is 24.0 Å². The summed E-state index contributed by atoms with van der Waals surface area (Å²) in [6, 6.07) is 17.5. The van der Waals surface area contributed by atoms with Crippen molar-refractivity contribution in [1.82, 2.24) is 9.80 Å². The Morgan fingerprint density at radius 3 is 2.45 bits per heavy atom. The van der Waals surface area contributed by atoms with Crippen LogP contribution in [0.2, 0.25) is 0 Å². The van der Waals surface area contributed by atoms with Crippen LogP contribution in [0.3, 0.4) is 0 Å². The van der Waals surface area contributed by atoms with Crippen molar-refractivity contribution >= 4 is 5.78 Å². The molecule has 1 fully saturated rings. The molecule has 0 N–H and O–H groups in total. The van der Waals surface area contributed by atoms with Gasteiger partial charge in [-0.3, -0.25) is 14.6 Å². The van der Waals surface area contributed by atoms with Crippen molar-refractivity contribution in [2.24, 2.45) is 5.92 Å². The smallest absolute Gasteiger partial charge is 0.163 e.